The molecule has 1 aromatic rings. The summed E-state index contributed by atoms with van der Waals surface area (Å²) in [4.78, 5) is 0. The van der Waals surface area contributed by atoms with Gasteiger partial charge in [0.05, 0.1) is 0 Å². The SMILES string of the molecule is CCCCC1CCC(CBr)(Cc2ccc(Br)cc2Cl)CC1. The Labute approximate surface area is 151 Å². The van der Waals surface area contributed by atoms with Crippen LogP contribution < -0.4 is 0 Å². The number of unbranched alkanes of at least 4 members (excludes halogenated alkanes) is 1. The van der Waals surface area contributed by atoms with E-state index < -0.39 is 0 Å². The van der Waals surface area contributed by atoms with Crippen LogP contribution in [0.5, 0.6) is 0 Å². The maximum Gasteiger partial charge on any atom is 0.0449 e. The zero-order chi connectivity index (χ0) is 15.3. The third kappa shape index (κ3) is 4.97. The fraction of sp³-hybridized carbons (Fsp3) is 0.667. The molecule has 1 aromatic carbocycles. The van der Waals surface area contributed by atoms with Crippen LogP contribution in [0.15, 0.2) is 22.7 Å². The normalized spacial score (nSPS) is 26.0. The van der Waals surface area contributed by atoms with Crippen LogP contribution in [0.1, 0.15) is 57.4 Å². The standard InChI is InChI=1S/C18H25Br2Cl/c1-2-3-4-14-7-9-18(13-19,10-8-14)12-15-5-6-16(20)11-17(15)21/h5-6,11,14H,2-4,7-10,12-13H2,1H3. The number of alkyl halides is 1. The zero-order valence-electron chi connectivity index (χ0n) is 12.8. The van der Waals surface area contributed by atoms with Crippen molar-refractivity contribution in [3.8, 4) is 0 Å². The number of benzene rings is 1. The summed E-state index contributed by atoms with van der Waals surface area (Å²) in [6.45, 7) is 2.29. The van der Waals surface area contributed by atoms with Gasteiger partial charge in [-0.1, -0.05) is 75.7 Å². The Morgan fingerprint density at radius 1 is 1.29 bits per heavy atom. The van der Waals surface area contributed by atoms with E-state index >= 15 is 0 Å². The van der Waals surface area contributed by atoms with Crippen LogP contribution in [0, 0.1) is 11.3 Å². The van der Waals surface area contributed by atoms with Gasteiger partial charge < -0.3 is 0 Å². The van der Waals surface area contributed by atoms with Crippen LogP contribution in [-0.4, -0.2) is 5.33 Å². The van der Waals surface area contributed by atoms with Gasteiger partial charge in [-0.05, 0) is 61.1 Å². The summed E-state index contributed by atoms with van der Waals surface area (Å²) in [6, 6.07) is 6.31. The van der Waals surface area contributed by atoms with E-state index in [0.29, 0.717) is 5.41 Å². The van der Waals surface area contributed by atoms with Crippen molar-refractivity contribution in [2.45, 2.75) is 58.3 Å². The van der Waals surface area contributed by atoms with Gasteiger partial charge in [0.25, 0.3) is 0 Å². The van der Waals surface area contributed by atoms with Gasteiger partial charge in [0.1, 0.15) is 0 Å². The van der Waals surface area contributed by atoms with E-state index in [4.69, 9.17) is 11.6 Å². The molecular formula is C18H25Br2Cl. The summed E-state index contributed by atoms with van der Waals surface area (Å²) in [5.41, 5.74) is 1.70. The molecule has 0 saturated heterocycles. The maximum atomic E-state index is 6.42. The molecule has 0 N–H and O–H groups in total. The van der Waals surface area contributed by atoms with Crippen LogP contribution in [-0.2, 0) is 6.42 Å². The monoisotopic (exact) mass is 434 g/mol. The molecule has 3 heteroatoms. The molecule has 21 heavy (non-hydrogen) atoms. The Morgan fingerprint density at radius 2 is 2.00 bits per heavy atom. The molecule has 0 spiro atoms. The first-order chi connectivity index (χ1) is 10.1. The van der Waals surface area contributed by atoms with E-state index in [1.165, 1.54) is 50.5 Å². The molecule has 0 atom stereocenters. The van der Waals surface area contributed by atoms with Crippen molar-refractivity contribution in [1.82, 2.24) is 0 Å². The fourth-order valence-corrected chi connectivity index (χ4v) is 5.00. The minimum Gasteiger partial charge on any atom is -0.0922 e. The summed E-state index contributed by atoms with van der Waals surface area (Å²) in [6.07, 6.45) is 10.7. The molecule has 118 valence electrons. The summed E-state index contributed by atoms with van der Waals surface area (Å²) >= 11 is 13.7. The fourth-order valence-electron chi connectivity index (χ4n) is 3.50. The van der Waals surface area contributed by atoms with Crippen molar-refractivity contribution in [3.63, 3.8) is 0 Å². The second-order valence-corrected chi connectivity index (χ2v) is 8.52. The molecule has 1 saturated carbocycles. The van der Waals surface area contributed by atoms with Crippen LogP contribution in [0.3, 0.4) is 0 Å². The van der Waals surface area contributed by atoms with Crippen molar-refractivity contribution < 1.29 is 0 Å². The van der Waals surface area contributed by atoms with E-state index in [0.717, 1.165) is 27.2 Å². The number of rotatable bonds is 6. The van der Waals surface area contributed by atoms with Gasteiger partial charge in [-0.25, -0.2) is 0 Å². The molecule has 0 bridgehead atoms. The lowest BCUT2D eigenvalue weighted by Crippen LogP contribution is -2.31. The summed E-state index contributed by atoms with van der Waals surface area (Å²) in [5, 5.41) is 1.99. The lowest BCUT2D eigenvalue weighted by atomic mass is 9.68. The smallest absolute Gasteiger partial charge is 0.0449 e. The summed E-state index contributed by atoms with van der Waals surface area (Å²) in [5.74, 6) is 0.956. The van der Waals surface area contributed by atoms with E-state index in [-0.39, 0.29) is 0 Å². The average molecular weight is 437 g/mol. The first-order valence-corrected chi connectivity index (χ1v) is 10.4. The predicted octanol–water partition coefficient (Wildman–Crippen LogP) is 7.41. The molecule has 1 fully saturated rings. The number of hydrogen-bond acceptors (Lipinski definition) is 0. The topological polar surface area (TPSA) is 0 Å². The molecular weight excluding hydrogens is 411 g/mol. The minimum atomic E-state index is 0.403. The summed E-state index contributed by atoms with van der Waals surface area (Å²) < 4.78 is 1.06. The van der Waals surface area contributed by atoms with Gasteiger partial charge in [0.15, 0.2) is 0 Å². The van der Waals surface area contributed by atoms with Crippen LogP contribution >= 0.6 is 43.5 Å². The second-order valence-electron chi connectivity index (χ2n) is 6.63. The number of halogens is 3. The molecule has 2 rings (SSSR count). The molecule has 0 amide bonds. The highest BCUT2D eigenvalue weighted by atomic mass is 79.9. The first kappa shape index (κ1) is 17.8. The molecule has 0 aromatic heterocycles. The maximum absolute atomic E-state index is 6.42. The van der Waals surface area contributed by atoms with Gasteiger partial charge in [-0.2, -0.15) is 0 Å². The molecule has 0 radical (unpaired) electrons. The Bertz CT molecular complexity index is 451. The molecule has 0 unspecified atom stereocenters. The van der Waals surface area contributed by atoms with Crippen LogP contribution in [0.25, 0.3) is 0 Å². The van der Waals surface area contributed by atoms with Gasteiger partial charge in [-0.15, -0.1) is 0 Å². The molecule has 0 aliphatic heterocycles. The second kappa shape index (κ2) is 8.36. The van der Waals surface area contributed by atoms with Crippen molar-refractivity contribution in [3.05, 3.63) is 33.3 Å². The lowest BCUT2D eigenvalue weighted by Gasteiger charge is -2.39. The predicted molar refractivity (Wildman–Crippen MR) is 101 cm³/mol. The lowest BCUT2D eigenvalue weighted by molar-refractivity contribution is 0.169. The van der Waals surface area contributed by atoms with Crippen molar-refractivity contribution >= 4 is 43.5 Å². The first-order valence-electron chi connectivity index (χ1n) is 8.08. The van der Waals surface area contributed by atoms with Crippen molar-refractivity contribution in [2.24, 2.45) is 11.3 Å². The summed E-state index contributed by atoms with van der Waals surface area (Å²) in [7, 11) is 0. The van der Waals surface area contributed by atoms with E-state index in [9.17, 15) is 0 Å². The Morgan fingerprint density at radius 3 is 2.57 bits per heavy atom. The van der Waals surface area contributed by atoms with Crippen molar-refractivity contribution in [1.29, 1.82) is 0 Å². The molecule has 0 heterocycles. The quantitative estimate of drug-likeness (QED) is 0.407. The Balaban J connectivity index is 1.99. The number of hydrogen-bond donors (Lipinski definition) is 0. The minimum absolute atomic E-state index is 0.403. The third-order valence-electron chi connectivity index (χ3n) is 5.00. The van der Waals surface area contributed by atoms with Crippen molar-refractivity contribution in [2.75, 3.05) is 5.33 Å². The van der Waals surface area contributed by atoms with Gasteiger partial charge in [0, 0.05) is 14.8 Å². The van der Waals surface area contributed by atoms with E-state index in [1.54, 1.807) is 0 Å². The Kier molecular flexibility index (Phi) is 7.09. The largest absolute Gasteiger partial charge is 0.0922 e. The highest BCUT2D eigenvalue weighted by molar-refractivity contribution is 9.10. The third-order valence-corrected chi connectivity index (χ3v) is 7.03. The highest BCUT2D eigenvalue weighted by Gasteiger charge is 2.34. The Hall–Kier alpha value is 0.470. The molecule has 0 nitrogen and oxygen atoms in total. The van der Waals surface area contributed by atoms with E-state index in [2.05, 4.69) is 50.9 Å². The van der Waals surface area contributed by atoms with E-state index in [1.807, 2.05) is 6.07 Å². The molecule has 1 aliphatic carbocycles. The highest BCUT2D eigenvalue weighted by Crippen LogP contribution is 2.45. The zero-order valence-corrected chi connectivity index (χ0v) is 16.7. The van der Waals surface area contributed by atoms with Crippen LogP contribution in [0.2, 0.25) is 5.02 Å². The van der Waals surface area contributed by atoms with Gasteiger partial charge >= 0.3 is 0 Å². The van der Waals surface area contributed by atoms with Gasteiger partial charge in [-0.3, -0.25) is 0 Å². The average Bonchev–Trinajstić information content (AvgIpc) is 2.49. The van der Waals surface area contributed by atoms with Crippen LogP contribution in [0.4, 0.5) is 0 Å². The van der Waals surface area contributed by atoms with Gasteiger partial charge in [0.2, 0.25) is 0 Å². The molecule has 1 aliphatic rings.